The fourth-order valence-corrected chi connectivity index (χ4v) is 1.49. The van der Waals surface area contributed by atoms with Crippen LogP contribution in [-0.2, 0) is 13.6 Å². The van der Waals surface area contributed by atoms with Gasteiger partial charge in [0, 0.05) is 6.92 Å². The maximum Gasteiger partial charge on any atom is 0.521 e. The monoisotopic (exact) mass is 194 g/mol. The zero-order chi connectivity index (χ0) is 8.91. The summed E-state index contributed by atoms with van der Waals surface area (Å²) in [4.78, 5) is 0. The SMILES string of the molecule is CC1(F)OP(=O)(F)OC1(F)F. The van der Waals surface area contributed by atoms with Crippen LogP contribution in [0.3, 0.4) is 0 Å². The third-order valence-electron chi connectivity index (χ3n) is 1.02. The van der Waals surface area contributed by atoms with E-state index in [1.54, 1.807) is 0 Å². The minimum absolute atomic E-state index is 0.228. The minimum Gasteiger partial charge on any atom is -0.236 e. The van der Waals surface area contributed by atoms with Crippen LogP contribution < -0.4 is 0 Å². The summed E-state index contributed by atoms with van der Waals surface area (Å²) < 4.78 is 64.7. The molecule has 0 aliphatic carbocycles. The lowest BCUT2D eigenvalue weighted by Gasteiger charge is -2.15. The van der Waals surface area contributed by atoms with Crippen LogP contribution in [0.4, 0.5) is 17.4 Å². The van der Waals surface area contributed by atoms with Crippen molar-refractivity contribution in [1.29, 1.82) is 0 Å². The maximum absolute atomic E-state index is 12.4. The van der Waals surface area contributed by atoms with Gasteiger partial charge < -0.3 is 0 Å². The molecule has 1 aliphatic rings. The Hall–Kier alpha value is -0.130. The lowest BCUT2D eigenvalue weighted by atomic mass is 10.3. The van der Waals surface area contributed by atoms with Crippen LogP contribution in [0.1, 0.15) is 6.92 Å². The predicted octanol–water partition coefficient (Wildman–Crippen LogP) is 2.39. The Bertz CT molecular complexity index is 207. The van der Waals surface area contributed by atoms with Crippen LogP contribution in [-0.4, -0.2) is 12.0 Å². The molecule has 0 spiro atoms. The van der Waals surface area contributed by atoms with E-state index in [4.69, 9.17) is 0 Å². The second kappa shape index (κ2) is 1.97. The molecule has 0 aromatic heterocycles. The normalized spacial score (nSPS) is 49.5. The molecule has 66 valence electrons. The molecule has 2 unspecified atom stereocenters. The smallest absolute Gasteiger partial charge is 0.236 e. The van der Waals surface area contributed by atoms with Gasteiger partial charge in [-0.1, -0.05) is 0 Å². The van der Waals surface area contributed by atoms with E-state index in [1.165, 1.54) is 0 Å². The first-order chi connectivity index (χ1) is 4.66. The lowest BCUT2D eigenvalue weighted by Crippen LogP contribution is -2.37. The van der Waals surface area contributed by atoms with Crippen LogP contribution in [0.25, 0.3) is 0 Å². The van der Waals surface area contributed by atoms with Crippen molar-refractivity contribution < 1.29 is 31.0 Å². The molecular formula is C3H3F4O3P. The number of hydrogen-bond donors (Lipinski definition) is 0. The van der Waals surface area contributed by atoms with Gasteiger partial charge in [0.2, 0.25) is 0 Å². The highest BCUT2D eigenvalue weighted by Gasteiger charge is 2.68. The quantitative estimate of drug-likeness (QED) is 0.438. The Morgan fingerprint density at radius 2 is 1.73 bits per heavy atom. The summed E-state index contributed by atoms with van der Waals surface area (Å²) in [7, 11) is -5.41. The van der Waals surface area contributed by atoms with Crippen molar-refractivity contribution in [3.63, 3.8) is 0 Å². The van der Waals surface area contributed by atoms with E-state index in [0.717, 1.165) is 0 Å². The highest BCUT2D eigenvalue weighted by Crippen LogP contribution is 2.66. The largest absolute Gasteiger partial charge is 0.521 e. The number of halogens is 4. The molecule has 1 aliphatic heterocycles. The van der Waals surface area contributed by atoms with Gasteiger partial charge in [-0.3, -0.25) is 0 Å². The molecule has 2 atom stereocenters. The Morgan fingerprint density at radius 3 is 1.82 bits per heavy atom. The molecule has 0 amide bonds. The fraction of sp³-hybridized carbons (Fsp3) is 1.00. The summed E-state index contributed by atoms with van der Waals surface area (Å²) in [6.07, 6.45) is -4.50. The summed E-state index contributed by atoms with van der Waals surface area (Å²) >= 11 is 0. The van der Waals surface area contributed by atoms with E-state index in [9.17, 15) is 21.9 Å². The Labute approximate surface area is 58.9 Å². The third kappa shape index (κ3) is 1.40. The maximum atomic E-state index is 12.4. The summed E-state index contributed by atoms with van der Waals surface area (Å²) in [6, 6.07) is 0. The number of hydrogen-bond acceptors (Lipinski definition) is 3. The standard InChI is InChI=1S/C3H3F4O3P/c1-2(4)3(5,6)10-11(7,8)9-2/h1H3. The number of rotatable bonds is 0. The molecule has 0 aromatic rings. The van der Waals surface area contributed by atoms with Gasteiger partial charge in [-0.15, -0.1) is 4.20 Å². The first kappa shape index (κ1) is 8.96. The Balaban J connectivity index is 2.98. The van der Waals surface area contributed by atoms with Gasteiger partial charge in [-0.05, 0) is 0 Å². The second-order valence-corrected chi connectivity index (χ2v) is 3.27. The predicted molar refractivity (Wildman–Crippen MR) is 25.3 cm³/mol. The van der Waals surface area contributed by atoms with Gasteiger partial charge in [0.25, 0.3) is 0 Å². The molecule has 0 bridgehead atoms. The van der Waals surface area contributed by atoms with Gasteiger partial charge in [0.05, 0.1) is 0 Å². The molecule has 11 heavy (non-hydrogen) atoms. The summed E-state index contributed by atoms with van der Waals surface area (Å²) in [5, 5.41) is 0. The Morgan fingerprint density at radius 1 is 1.27 bits per heavy atom. The summed E-state index contributed by atoms with van der Waals surface area (Å²) in [5.41, 5.74) is 0. The molecule has 0 N–H and O–H groups in total. The van der Waals surface area contributed by atoms with Crippen molar-refractivity contribution in [2.24, 2.45) is 0 Å². The van der Waals surface area contributed by atoms with E-state index in [1.807, 2.05) is 0 Å². The van der Waals surface area contributed by atoms with Gasteiger partial charge in [-0.2, -0.15) is 8.78 Å². The average Bonchev–Trinajstić information content (AvgIpc) is 1.66. The van der Waals surface area contributed by atoms with Crippen molar-refractivity contribution >= 4 is 7.91 Å². The van der Waals surface area contributed by atoms with Crippen molar-refractivity contribution in [1.82, 2.24) is 0 Å². The van der Waals surface area contributed by atoms with E-state index in [2.05, 4.69) is 9.05 Å². The Kier molecular flexibility index (Phi) is 1.60. The van der Waals surface area contributed by atoms with Crippen molar-refractivity contribution in [3.8, 4) is 0 Å². The zero-order valence-corrected chi connectivity index (χ0v) is 6.08. The molecule has 1 saturated heterocycles. The van der Waals surface area contributed by atoms with Gasteiger partial charge in [0.15, 0.2) is 0 Å². The molecule has 8 heteroatoms. The van der Waals surface area contributed by atoms with E-state index in [0.29, 0.717) is 0 Å². The first-order valence-electron chi connectivity index (χ1n) is 2.44. The third-order valence-corrected chi connectivity index (χ3v) is 2.03. The molecule has 0 saturated carbocycles. The van der Waals surface area contributed by atoms with E-state index in [-0.39, 0.29) is 6.92 Å². The van der Waals surface area contributed by atoms with Crippen LogP contribution in [0.2, 0.25) is 0 Å². The second-order valence-electron chi connectivity index (χ2n) is 2.05. The molecule has 1 fully saturated rings. The fourth-order valence-electron chi connectivity index (χ4n) is 0.495. The lowest BCUT2D eigenvalue weighted by molar-refractivity contribution is -0.279. The summed E-state index contributed by atoms with van der Waals surface area (Å²) in [5.74, 6) is -3.67. The van der Waals surface area contributed by atoms with E-state index >= 15 is 0 Å². The van der Waals surface area contributed by atoms with E-state index < -0.39 is 19.9 Å². The van der Waals surface area contributed by atoms with Crippen LogP contribution >= 0.6 is 7.91 Å². The molecule has 1 rings (SSSR count). The first-order valence-corrected chi connectivity index (χ1v) is 3.88. The highest BCUT2D eigenvalue weighted by atomic mass is 31.2. The van der Waals surface area contributed by atoms with Crippen LogP contribution in [0.15, 0.2) is 0 Å². The topological polar surface area (TPSA) is 35.5 Å². The van der Waals surface area contributed by atoms with Crippen LogP contribution in [0.5, 0.6) is 0 Å². The van der Waals surface area contributed by atoms with Gasteiger partial charge in [0.1, 0.15) is 0 Å². The van der Waals surface area contributed by atoms with Crippen molar-refractivity contribution in [2.75, 3.05) is 0 Å². The average molecular weight is 194 g/mol. The molecule has 3 nitrogen and oxygen atoms in total. The minimum atomic E-state index is -5.41. The zero-order valence-electron chi connectivity index (χ0n) is 5.18. The molecular weight excluding hydrogens is 191 g/mol. The van der Waals surface area contributed by atoms with Gasteiger partial charge in [-0.25, -0.2) is 18.0 Å². The molecule has 0 aromatic carbocycles. The molecule has 1 heterocycles. The highest BCUT2D eigenvalue weighted by molar-refractivity contribution is 7.48. The van der Waals surface area contributed by atoms with Crippen molar-refractivity contribution in [3.05, 3.63) is 0 Å². The summed E-state index contributed by atoms with van der Waals surface area (Å²) in [6.45, 7) is 0.228. The number of alkyl halides is 3. The molecule has 0 radical (unpaired) electrons. The van der Waals surface area contributed by atoms with Crippen molar-refractivity contribution in [2.45, 2.75) is 18.9 Å². The van der Waals surface area contributed by atoms with Gasteiger partial charge >= 0.3 is 19.9 Å². The van der Waals surface area contributed by atoms with Crippen LogP contribution in [0, 0.1) is 0 Å².